The van der Waals surface area contributed by atoms with Gasteiger partial charge in [0, 0.05) is 0 Å². The van der Waals surface area contributed by atoms with Crippen LogP contribution < -0.4 is 0 Å². The molecule has 0 radical (unpaired) electrons. The van der Waals surface area contributed by atoms with Crippen LogP contribution in [-0.4, -0.2) is 0 Å². The van der Waals surface area contributed by atoms with Crippen molar-refractivity contribution in [3.05, 3.63) is 34.9 Å². The predicted molar refractivity (Wildman–Crippen MR) is 64.3 cm³/mol. The summed E-state index contributed by atoms with van der Waals surface area (Å²) in [6, 6.07) is 0. The lowest BCUT2D eigenvalue weighted by Gasteiger charge is -2.23. The number of allylic oxidation sites excluding steroid dienone is 5. The summed E-state index contributed by atoms with van der Waals surface area (Å²) in [5, 5.41) is 0. The van der Waals surface area contributed by atoms with E-state index in [-0.39, 0.29) is 0 Å². The molecule has 0 N–H and O–H groups in total. The number of hydrogen-bond acceptors (Lipinski definition) is 0. The summed E-state index contributed by atoms with van der Waals surface area (Å²) < 4.78 is 0. The second-order valence-corrected chi connectivity index (χ2v) is 4.80. The van der Waals surface area contributed by atoms with Crippen LogP contribution in [0.4, 0.5) is 0 Å². The third-order valence-corrected chi connectivity index (χ3v) is 3.14. The summed E-state index contributed by atoms with van der Waals surface area (Å²) in [6.45, 7) is 13.0. The summed E-state index contributed by atoms with van der Waals surface area (Å²) in [4.78, 5) is 0. The van der Waals surface area contributed by atoms with Crippen LogP contribution in [-0.2, 0) is 0 Å². The minimum atomic E-state index is 0.830. The molecule has 0 nitrogen and oxygen atoms in total. The van der Waals surface area contributed by atoms with Gasteiger partial charge in [-0.25, -0.2) is 0 Å². The van der Waals surface area contributed by atoms with Gasteiger partial charge < -0.3 is 0 Å². The minimum Gasteiger partial charge on any atom is -0.0956 e. The SMILES string of the molecule is C=C1CCC(C)C/C1=C/C(C)=C(C)C. The molecular weight excluding hydrogens is 168 g/mol. The molecule has 14 heavy (non-hydrogen) atoms. The van der Waals surface area contributed by atoms with Crippen molar-refractivity contribution in [2.45, 2.75) is 47.0 Å². The van der Waals surface area contributed by atoms with Crippen molar-refractivity contribution in [1.29, 1.82) is 0 Å². The first-order chi connectivity index (χ1) is 6.50. The highest BCUT2D eigenvalue weighted by Crippen LogP contribution is 2.32. The first-order valence-corrected chi connectivity index (χ1v) is 5.53. The smallest absolute Gasteiger partial charge is 0.0250 e. The van der Waals surface area contributed by atoms with Gasteiger partial charge in [-0.3, -0.25) is 0 Å². The van der Waals surface area contributed by atoms with Crippen molar-refractivity contribution >= 4 is 0 Å². The maximum atomic E-state index is 4.15. The molecule has 1 atom stereocenters. The van der Waals surface area contributed by atoms with Crippen LogP contribution in [0.1, 0.15) is 47.0 Å². The summed E-state index contributed by atoms with van der Waals surface area (Å²) in [5.74, 6) is 0.830. The quantitative estimate of drug-likeness (QED) is 0.565. The van der Waals surface area contributed by atoms with Gasteiger partial charge >= 0.3 is 0 Å². The fourth-order valence-electron chi connectivity index (χ4n) is 1.77. The van der Waals surface area contributed by atoms with Crippen LogP contribution in [0.3, 0.4) is 0 Å². The molecule has 0 saturated heterocycles. The average molecular weight is 190 g/mol. The topological polar surface area (TPSA) is 0 Å². The molecule has 0 amide bonds. The fraction of sp³-hybridized carbons (Fsp3) is 0.571. The molecule has 78 valence electrons. The van der Waals surface area contributed by atoms with Crippen LogP contribution in [0.15, 0.2) is 34.9 Å². The average Bonchev–Trinajstić information content (AvgIpc) is 2.11. The Bertz CT molecular complexity index is 285. The molecule has 1 aliphatic rings. The Morgan fingerprint density at radius 2 is 2.00 bits per heavy atom. The third-order valence-electron chi connectivity index (χ3n) is 3.14. The second kappa shape index (κ2) is 4.63. The predicted octanol–water partition coefficient (Wildman–Crippen LogP) is 4.65. The van der Waals surface area contributed by atoms with E-state index in [4.69, 9.17) is 0 Å². The number of hydrogen-bond donors (Lipinski definition) is 0. The van der Waals surface area contributed by atoms with Crippen LogP contribution in [0.5, 0.6) is 0 Å². The molecule has 1 unspecified atom stereocenters. The van der Waals surface area contributed by atoms with E-state index in [1.807, 2.05) is 0 Å². The van der Waals surface area contributed by atoms with Gasteiger partial charge in [0.1, 0.15) is 0 Å². The lowest BCUT2D eigenvalue weighted by molar-refractivity contribution is 0.498. The van der Waals surface area contributed by atoms with E-state index in [0.29, 0.717) is 0 Å². The van der Waals surface area contributed by atoms with E-state index in [2.05, 4.69) is 40.3 Å². The van der Waals surface area contributed by atoms with Crippen LogP contribution in [0.25, 0.3) is 0 Å². The van der Waals surface area contributed by atoms with Crippen molar-refractivity contribution in [3.63, 3.8) is 0 Å². The lowest BCUT2D eigenvalue weighted by Crippen LogP contribution is -2.06. The van der Waals surface area contributed by atoms with Crippen LogP contribution in [0, 0.1) is 5.92 Å². The summed E-state index contributed by atoms with van der Waals surface area (Å²) in [7, 11) is 0. The molecule has 1 rings (SSSR count). The van der Waals surface area contributed by atoms with Crippen molar-refractivity contribution in [2.24, 2.45) is 5.92 Å². The van der Waals surface area contributed by atoms with E-state index in [0.717, 1.165) is 5.92 Å². The van der Waals surface area contributed by atoms with Crippen molar-refractivity contribution < 1.29 is 0 Å². The standard InChI is InChI=1S/C14H22/c1-10(2)13(5)9-14-8-11(3)6-7-12(14)4/h9,11H,4,6-8H2,1-3,5H3/b14-9-. The summed E-state index contributed by atoms with van der Waals surface area (Å²) in [6.07, 6.45) is 6.03. The molecule has 0 aromatic carbocycles. The zero-order valence-corrected chi connectivity index (χ0v) is 9.98. The van der Waals surface area contributed by atoms with Crippen LogP contribution >= 0.6 is 0 Å². The zero-order valence-electron chi connectivity index (χ0n) is 9.98. The summed E-state index contributed by atoms with van der Waals surface area (Å²) >= 11 is 0. The molecule has 1 fully saturated rings. The Balaban J connectivity index is 2.85. The molecule has 0 heteroatoms. The maximum absolute atomic E-state index is 4.15. The van der Waals surface area contributed by atoms with E-state index >= 15 is 0 Å². The highest BCUT2D eigenvalue weighted by molar-refractivity contribution is 5.37. The van der Waals surface area contributed by atoms with Gasteiger partial charge in [-0.2, -0.15) is 0 Å². The van der Waals surface area contributed by atoms with Crippen molar-refractivity contribution in [2.75, 3.05) is 0 Å². The molecule has 0 aromatic heterocycles. The molecule has 0 heterocycles. The molecule has 1 saturated carbocycles. The van der Waals surface area contributed by atoms with Gasteiger partial charge in [0.2, 0.25) is 0 Å². The Kier molecular flexibility index (Phi) is 3.74. The highest BCUT2D eigenvalue weighted by atomic mass is 14.2. The van der Waals surface area contributed by atoms with E-state index < -0.39 is 0 Å². The van der Waals surface area contributed by atoms with Gasteiger partial charge in [0.05, 0.1) is 0 Å². The molecule has 0 aliphatic heterocycles. The van der Waals surface area contributed by atoms with Crippen LogP contribution in [0.2, 0.25) is 0 Å². The molecular formula is C14H22. The Morgan fingerprint density at radius 3 is 2.57 bits per heavy atom. The van der Waals surface area contributed by atoms with Gasteiger partial charge in [-0.15, -0.1) is 0 Å². The van der Waals surface area contributed by atoms with Gasteiger partial charge in [-0.1, -0.05) is 36.3 Å². The maximum Gasteiger partial charge on any atom is -0.0250 e. The molecule has 0 spiro atoms. The molecule has 1 aliphatic carbocycles. The minimum absolute atomic E-state index is 0.830. The lowest BCUT2D eigenvalue weighted by atomic mass is 9.83. The van der Waals surface area contributed by atoms with Crippen molar-refractivity contribution in [1.82, 2.24) is 0 Å². The van der Waals surface area contributed by atoms with Crippen molar-refractivity contribution in [3.8, 4) is 0 Å². The fourth-order valence-corrected chi connectivity index (χ4v) is 1.77. The normalized spacial score (nSPS) is 25.3. The Labute approximate surface area is 88.4 Å². The van der Waals surface area contributed by atoms with E-state index in [9.17, 15) is 0 Å². The Hall–Kier alpha value is -0.780. The molecule has 0 bridgehead atoms. The zero-order chi connectivity index (χ0) is 10.7. The molecule has 0 aromatic rings. The second-order valence-electron chi connectivity index (χ2n) is 4.80. The first kappa shape index (κ1) is 11.3. The van der Waals surface area contributed by atoms with E-state index in [1.54, 1.807) is 0 Å². The third kappa shape index (κ3) is 2.87. The van der Waals surface area contributed by atoms with E-state index in [1.165, 1.54) is 41.6 Å². The number of rotatable bonds is 1. The van der Waals surface area contributed by atoms with Gasteiger partial charge in [0.15, 0.2) is 0 Å². The first-order valence-electron chi connectivity index (χ1n) is 5.53. The highest BCUT2D eigenvalue weighted by Gasteiger charge is 2.15. The van der Waals surface area contributed by atoms with Gasteiger partial charge in [-0.05, 0) is 51.5 Å². The largest absolute Gasteiger partial charge is 0.0956 e. The monoisotopic (exact) mass is 190 g/mol. The van der Waals surface area contributed by atoms with Gasteiger partial charge in [0.25, 0.3) is 0 Å². The summed E-state index contributed by atoms with van der Waals surface area (Å²) in [5.41, 5.74) is 5.63. The Morgan fingerprint density at radius 1 is 1.36 bits per heavy atom.